The summed E-state index contributed by atoms with van der Waals surface area (Å²) in [7, 11) is 3.76. The fourth-order valence-corrected chi connectivity index (χ4v) is 7.95. The first-order valence-corrected chi connectivity index (χ1v) is 19.4. The van der Waals surface area contributed by atoms with E-state index in [0.29, 0.717) is 17.1 Å². The molecule has 2 aromatic carbocycles. The van der Waals surface area contributed by atoms with Gasteiger partial charge in [-0.1, -0.05) is 0 Å². The second-order valence-corrected chi connectivity index (χ2v) is 15.4. The molecular formula is C36H25ClF4N8O2S4. The van der Waals surface area contributed by atoms with Crippen molar-refractivity contribution >= 4 is 78.1 Å². The predicted molar refractivity (Wildman–Crippen MR) is 211 cm³/mol. The van der Waals surface area contributed by atoms with Crippen molar-refractivity contribution in [2.24, 2.45) is 14.1 Å². The molecule has 8 aromatic rings. The molecule has 0 unspecified atom stereocenters. The van der Waals surface area contributed by atoms with Gasteiger partial charge >= 0.3 is 0 Å². The van der Waals surface area contributed by atoms with E-state index >= 15 is 0 Å². The Morgan fingerprint density at radius 1 is 0.691 bits per heavy atom. The maximum absolute atomic E-state index is 13.8. The number of halogens is 5. The van der Waals surface area contributed by atoms with Crippen LogP contribution in [0.5, 0.6) is 0 Å². The maximum atomic E-state index is 13.8. The number of nitrogens with one attached hydrogen (secondary N) is 1. The second-order valence-electron chi connectivity index (χ2n) is 11.1. The van der Waals surface area contributed by atoms with Crippen molar-refractivity contribution in [3.8, 4) is 42.5 Å². The highest BCUT2D eigenvalue weighted by atomic mass is 35.5. The number of aromatic nitrogens is 6. The highest BCUT2D eigenvalue weighted by molar-refractivity contribution is 7.19. The number of nitrogens with two attached hydrogens (primary N) is 1. The average molecular weight is 841 g/mol. The molecule has 55 heavy (non-hydrogen) atoms. The molecule has 8 rings (SSSR count). The lowest BCUT2D eigenvalue weighted by molar-refractivity contribution is 0.102. The smallest absolute Gasteiger partial charge is 0.259 e. The number of thiophene rings is 2. The Morgan fingerprint density at radius 2 is 1.20 bits per heavy atom. The van der Waals surface area contributed by atoms with Gasteiger partial charge in [0.05, 0.1) is 42.3 Å². The van der Waals surface area contributed by atoms with Crippen molar-refractivity contribution in [1.82, 2.24) is 29.5 Å². The van der Waals surface area contributed by atoms with Gasteiger partial charge in [0.2, 0.25) is 0 Å². The molecule has 0 saturated carbocycles. The first kappa shape index (κ1) is 39.2. The molecule has 0 atom stereocenters. The van der Waals surface area contributed by atoms with Crippen LogP contribution in [0, 0.1) is 23.3 Å². The van der Waals surface area contributed by atoms with E-state index in [1.165, 1.54) is 22.7 Å². The van der Waals surface area contributed by atoms with E-state index in [2.05, 4.69) is 25.5 Å². The van der Waals surface area contributed by atoms with Crippen molar-refractivity contribution in [2.75, 3.05) is 11.1 Å². The molecular weight excluding hydrogens is 816 g/mol. The van der Waals surface area contributed by atoms with E-state index in [4.69, 9.17) is 17.3 Å². The van der Waals surface area contributed by atoms with Gasteiger partial charge in [-0.3, -0.25) is 19.0 Å². The first-order chi connectivity index (χ1) is 26.4. The molecule has 1 amide bonds. The van der Waals surface area contributed by atoms with Crippen LogP contribution in [0.4, 0.5) is 27.6 Å². The van der Waals surface area contributed by atoms with Crippen LogP contribution in [-0.4, -0.2) is 40.7 Å². The summed E-state index contributed by atoms with van der Waals surface area (Å²) in [5.41, 5.74) is 8.84. The molecule has 0 aliphatic carbocycles. The van der Waals surface area contributed by atoms with E-state index in [-0.39, 0.29) is 11.1 Å². The number of amides is 1. The second kappa shape index (κ2) is 17.3. The van der Waals surface area contributed by atoms with Crippen LogP contribution in [0.15, 0.2) is 96.0 Å². The summed E-state index contributed by atoms with van der Waals surface area (Å²) in [6.07, 6.45) is 3.51. The Bertz CT molecular complexity index is 2580. The average Bonchev–Trinajstić information content (AvgIpc) is 3.98. The highest BCUT2D eigenvalue weighted by Gasteiger charge is 2.17. The van der Waals surface area contributed by atoms with E-state index < -0.39 is 34.4 Å². The quantitative estimate of drug-likeness (QED) is 0.121. The maximum Gasteiger partial charge on any atom is 0.259 e. The SMILES string of the molecule is Cn1nc(-c2nccs2)cc1-c1ccc(N)s1.Cn1nc(-c2nccs2)cc1-c1ccc(NC(=O)c2ccc(F)cc2F)s1.O=C(Cl)c1ccc(F)cc1F. The topological polar surface area (TPSA) is 134 Å². The molecule has 0 radical (unpaired) electrons. The molecule has 0 fully saturated rings. The van der Waals surface area contributed by atoms with E-state index in [9.17, 15) is 27.2 Å². The van der Waals surface area contributed by atoms with Crippen LogP contribution >= 0.6 is 56.9 Å². The van der Waals surface area contributed by atoms with E-state index in [0.717, 1.165) is 71.8 Å². The summed E-state index contributed by atoms with van der Waals surface area (Å²) in [5, 5.41) is 17.6. The highest BCUT2D eigenvalue weighted by Crippen LogP contribution is 2.35. The van der Waals surface area contributed by atoms with E-state index in [1.54, 1.807) is 45.8 Å². The number of hydrogen-bond acceptors (Lipinski definition) is 11. The number of thiazole rings is 2. The summed E-state index contributed by atoms with van der Waals surface area (Å²) < 4.78 is 55.1. The molecule has 0 bridgehead atoms. The number of carbonyl (C=O) groups excluding carboxylic acids is 2. The molecule has 6 aromatic heterocycles. The van der Waals surface area contributed by atoms with Crippen molar-refractivity contribution in [1.29, 1.82) is 0 Å². The van der Waals surface area contributed by atoms with Gasteiger partial charge in [0, 0.05) is 49.4 Å². The van der Waals surface area contributed by atoms with Gasteiger partial charge in [0.15, 0.2) is 0 Å². The Hall–Kier alpha value is -5.53. The van der Waals surface area contributed by atoms with Crippen LogP contribution in [0.2, 0.25) is 0 Å². The monoisotopic (exact) mass is 840 g/mol. The predicted octanol–water partition coefficient (Wildman–Crippen LogP) is 10.0. The fourth-order valence-electron chi connectivity index (χ4n) is 4.84. The largest absolute Gasteiger partial charge is 0.391 e. The first-order valence-electron chi connectivity index (χ1n) is 15.6. The summed E-state index contributed by atoms with van der Waals surface area (Å²) in [4.78, 5) is 33.1. The number of aryl methyl sites for hydroxylation is 2. The fraction of sp³-hybridized carbons (Fsp3) is 0.0556. The van der Waals surface area contributed by atoms with Crippen LogP contribution in [-0.2, 0) is 14.1 Å². The molecule has 10 nitrogen and oxygen atoms in total. The summed E-state index contributed by atoms with van der Waals surface area (Å²) in [6.45, 7) is 0. The zero-order valence-electron chi connectivity index (χ0n) is 28.3. The lowest BCUT2D eigenvalue weighted by atomic mass is 10.2. The third kappa shape index (κ3) is 9.59. The van der Waals surface area contributed by atoms with Crippen LogP contribution in [0.25, 0.3) is 42.5 Å². The van der Waals surface area contributed by atoms with Crippen molar-refractivity contribution in [2.45, 2.75) is 0 Å². The molecule has 3 N–H and O–H groups in total. The number of nitrogens with zero attached hydrogens (tertiary/aromatic N) is 6. The Morgan fingerprint density at radius 3 is 1.65 bits per heavy atom. The summed E-state index contributed by atoms with van der Waals surface area (Å²) in [6, 6.07) is 16.9. The number of rotatable bonds is 7. The van der Waals surface area contributed by atoms with Crippen LogP contribution in [0.1, 0.15) is 20.7 Å². The minimum Gasteiger partial charge on any atom is -0.391 e. The lowest BCUT2D eigenvalue weighted by Crippen LogP contribution is -2.12. The molecule has 0 aliphatic heterocycles. The van der Waals surface area contributed by atoms with Gasteiger partial charge in [-0.2, -0.15) is 10.2 Å². The number of hydrogen-bond donors (Lipinski definition) is 2. The van der Waals surface area contributed by atoms with Crippen molar-refractivity contribution < 1.29 is 27.2 Å². The van der Waals surface area contributed by atoms with Gasteiger partial charge in [-0.05, 0) is 72.3 Å². The molecule has 6 heterocycles. The van der Waals surface area contributed by atoms with Gasteiger partial charge in [-0.15, -0.1) is 45.3 Å². The van der Waals surface area contributed by atoms with Crippen LogP contribution in [0.3, 0.4) is 0 Å². The zero-order chi connectivity index (χ0) is 39.2. The van der Waals surface area contributed by atoms with Crippen molar-refractivity contribution in [3.05, 3.63) is 130 Å². The van der Waals surface area contributed by atoms with Gasteiger partial charge in [-0.25, -0.2) is 27.5 Å². The molecule has 280 valence electrons. The van der Waals surface area contributed by atoms with Gasteiger partial charge < -0.3 is 11.1 Å². The Balaban J connectivity index is 0.000000156. The minimum atomic E-state index is -0.940. The minimum absolute atomic E-state index is 0.210. The Labute approximate surface area is 331 Å². The number of benzene rings is 2. The molecule has 19 heteroatoms. The zero-order valence-corrected chi connectivity index (χ0v) is 32.4. The lowest BCUT2D eigenvalue weighted by Gasteiger charge is -2.04. The molecule has 0 spiro atoms. The Kier molecular flexibility index (Phi) is 12.3. The van der Waals surface area contributed by atoms with Crippen molar-refractivity contribution in [3.63, 3.8) is 0 Å². The normalized spacial score (nSPS) is 10.7. The summed E-state index contributed by atoms with van der Waals surface area (Å²) in [5.74, 6) is -3.93. The van der Waals surface area contributed by atoms with Crippen LogP contribution < -0.4 is 11.1 Å². The van der Waals surface area contributed by atoms with E-state index in [1.807, 2.05) is 59.9 Å². The number of carbonyl (C=O) groups is 2. The molecule has 0 saturated heterocycles. The molecule has 0 aliphatic rings. The number of anilines is 2. The van der Waals surface area contributed by atoms with Gasteiger partial charge in [0.25, 0.3) is 11.1 Å². The third-order valence-corrected chi connectivity index (χ3v) is 11.1. The van der Waals surface area contributed by atoms with Gasteiger partial charge in [0.1, 0.15) is 44.7 Å². The third-order valence-electron chi connectivity index (χ3n) is 7.36. The summed E-state index contributed by atoms with van der Waals surface area (Å²) >= 11 is 11.0. The number of nitrogen functional groups attached to an aromatic ring is 1. The standard InChI is InChI=1S/C18H12F2N4OS2.C11H10N4S2.C7H3ClF2O/c1-24-14(9-13(23-24)18-21-6-7-26-18)15-4-5-16(27-15)22-17(25)11-3-2-10(19)8-12(11)20;1-15-8(9-2-3-10(12)17-9)6-7(14-15)11-13-4-5-16-11;8-7(11)5-2-1-4(9)3-6(5)10/h2-9H,1H3,(H,22,25);2-6H,12H2,1H3;1-3H.